The second-order valence-electron chi connectivity index (χ2n) is 8.88. The Morgan fingerprint density at radius 2 is 1.37 bits per heavy atom. The molecule has 0 aliphatic rings. The second-order valence-corrected chi connectivity index (χ2v) is 10.3. The van der Waals surface area contributed by atoms with Gasteiger partial charge in [-0.25, -0.2) is 4.57 Å². The summed E-state index contributed by atoms with van der Waals surface area (Å²) in [5.74, 6) is -0.317. The van der Waals surface area contributed by atoms with E-state index in [0.29, 0.717) is 13.0 Å². The molecular weight excluding hydrogens is 473 g/mol. The molecule has 0 aliphatic heterocycles. The molecule has 0 radical (unpaired) electrons. The quantitative estimate of drug-likeness (QED) is 0.0585. The minimum Gasteiger partial charge on any atom is -0.463 e. The molecule has 3 N–H and O–H groups in total. The standard InChI is InChI=1S/C25H52NO8P/c1-3-5-7-9-11-13-15-17-25(27)31-21-24(22-34-35(28,29)33-20-18-26)32-23-30-19-16-14-12-10-8-6-4-2/h24H,3-23,26H2,1-2H3,(H,28,29)/t24-/m0/s1. The lowest BCUT2D eigenvalue weighted by Gasteiger charge is -2.19. The van der Waals surface area contributed by atoms with E-state index in [-0.39, 0.29) is 39.1 Å². The first-order chi connectivity index (χ1) is 16.9. The number of carbonyl (C=O) groups is 1. The number of phosphoric ester groups is 1. The predicted octanol–water partition coefficient (Wildman–Crippen LogP) is 5.87. The average molecular weight is 526 g/mol. The summed E-state index contributed by atoms with van der Waals surface area (Å²) in [6.07, 6.45) is 15.7. The first-order valence-corrected chi connectivity index (χ1v) is 15.1. The van der Waals surface area contributed by atoms with Gasteiger partial charge < -0.3 is 24.8 Å². The van der Waals surface area contributed by atoms with Crippen LogP contribution in [0.1, 0.15) is 110 Å². The highest BCUT2D eigenvalue weighted by molar-refractivity contribution is 7.47. The maximum Gasteiger partial charge on any atom is 0.472 e. The minimum absolute atomic E-state index is 0.0153. The molecule has 0 saturated carbocycles. The highest BCUT2D eigenvalue weighted by Gasteiger charge is 2.24. The molecule has 0 fully saturated rings. The van der Waals surface area contributed by atoms with Crippen molar-refractivity contribution in [2.24, 2.45) is 5.73 Å². The van der Waals surface area contributed by atoms with Crippen LogP contribution < -0.4 is 5.73 Å². The molecule has 0 aromatic carbocycles. The lowest BCUT2D eigenvalue weighted by molar-refractivity contribution is -0.156. The average Bonchev–Trinajstić information content (AvgIpc) is 2.84. The number of ether oxygens (including phenoxy) is 3. The summed E-state index contributed by atoms with van der Waals surface area (Å²) in [4.78, 5) is 21.8. The van der Waals surface area contributed by atoms with Crippen LogP contribution in [0.15, 0.2) is 0 Å². The highest BCUT2D eigenvalue weighted by Crippen LogP contribution is 2.43. The Morgan fingerprint density at radius 1 is 0.800 bits per heavy atom. The van der Waals surface area contributed by atoms with E-state index >= 15 is 0 Å². The molecule has 0 bridgehead atoms. The van der Waals surface area contributed by atoms with E-state index in [1.54, 1.807) is 0 Å². The summed E-state index contributed by atoms with van der Waals surface area (Å²) in [5, 5.41) is 0. The Balaban J connectivity index is 4.20. The second kappa shape index (κ2) is 25.1. The van der Waals surface area contributed by atoms with E-state index in [0.717, 1.165) is 32.1 Å². The van der Waals surface area contributed by atoms with Crippen LogP contribution in [0.5, 0.6) is 0 Å². The third-order valence-corrected chi connectivity index (χ3v) is 6.47. The fraction of sp³-hybridized carbons (Fsp3) is 0.960. The molecule has 35 heavy (non-hydrogen) atoms. The Morgan fingerprint density at radius 3 is 1.97 bits per heavy atom. The highest BCUT2D eigenvalue weighted by atomic mass is 31.2. The molecule has 9 nitrogen and oxygen atoms in total. The van der Waals surface area contributed by atoms with E-state index in [1.165, 1.54) is 57.8 Å². The number of hydrogen-bond acceptors (Lipinski definition) is 8. The van der Waals surface area contributed by atoms with Gasteiger partial charge in [0.25, 0.3) is 0 Å². The molecule has 0 aliphatic carbocycles. The normalized spacial score (nSPS) is 14.1. The van der Waals surface area contributed by atoms with Crippen molar-refractivity contribution in [2.45, 2.75) is 116 Å². The van der Waals surface area contributed by atoms with Crippen LogP contribution in [0.25, 0.3) is 0 Å². The number of phosphoric acid groups is 1. The zero-order chi connectivity index (χ0) is 26.0. The van der Waals surface area contributed by atoms with Crippen molar-refractivity contribution in [1.82, 2.24) is 0 Å². The van der Waals surface area contributed by atoms with Crippen LogP contribution in [0.2, 0.25) is 0 Å². The Labute approximate surface area is 213 Å². The van der Waals surface area contributed by atoms with Crippen molar-refractivity contribution in [2.75, 3.05) is 39.8 Å². The first kappa shape index (κ1) is 34.5. The van der Waals surface area contributed by atoms with Gasteiger partial charge in [-0.05, 0) is 12.8 Å². The van der Waals surface area contributed by atoms with Crippen LogP contribution in [-0.4, -0.2) is 56.7 Å². The van der Waals surface area contributed by atoms with Gasteiger partial charge in [-0.1, -0.05) is 90.9 Å². The maximum absolute atomic E-state index is 12.1. The van der Waals surface area contributed by atoms with Crippen LogP contribution in [-0.2, 0) is 32.6 Å². The van der Waals surface area contributed by atoms with Crippen LogP contribution >= 0.6 is 7.82 Å². The van der Waals surface area contributed by atoms with Crippen molar-refractivity contribution < 1.29 is 37.5 Å². The van der Waals surface area contributed by atoms with E-state index < -0.39 is 13.9 Å². The summed E-state index contributed by atoms with van der Waals surface area (Å²) in [6.45, 7) is 4.57. The van der Waals surface area contributed by atoms with Gasteiger partial charge in [-0.3, -0.25) is 13.8 Å². The summed E-state index contributed by atoms with van der Waals surface area (Å²) < 4.78 is 38.0. The lowest BCUT2D eigenvalue weighted by Crippen LogP contribution is -2.28. The topological polar surface area (TPSA) is 127 Å². The van der Waals surface area contributed by atoms with Crippen molar-refractivity contribution in [3.05, 3.63) is 0 Å². The molecule has 2 atom stereocenters. The third-order valence-electron chi connectivity index (χ3n) is 5.49. The fourth-order valence-electron chi connectivity index (χ4n) is 3.38. The Kier molecular flexibility index (Phi) is 24.7. The molecule has 0 aromatic heterocycles. The van der Waals surface area contributed by atoms with Crippen LogP contribution in [0.3, 0.4) is 0 Å². The molecule has 0 spiro atoms. The third kappa shape index (κ3) is 24.9. The van der Waals surface area contributed by atoms with Crippen molar-refractivity contribution in [3.8, 4) is 0 Å². The lowest BCUT2D eigenvalue weighted by atomic mass is 10.1. The van der Waals surface area contributed by atoms with Crippen molar-refractivity contribution >= 4 is 13.8 Å². The molecule has 210 valence electrons. The van der Waals surface area contributed by atoms with Gasteiger partial charge in [0, 0.05) is 19.6 Å². The minimum atomic E-state index is -4.25. The van der Waals surface area contributed by atoms with Gasteiger partial charge in [-0.15, -0.1) is 0 Å². The molecule has 0 rings (SSSR count). The van der Waals surface area contributed by atoms with Gasteiger partial charge in [0.1, 0.15) is 19.5 Å². The zero-order valence-corrected chi connectivity index (χ0v) is 23.2. The molecular formula is C25H52NO8P. The smallest absolute Gasteiger partial charge is 0.463 e. The molecule has 10 heteroatoms. The van der Waals surface area contributed by atoms with E-state index in [1.807, 2.05) is 0 Å². The molecule has 0 saturated heterocycles. The van der Waals surface area contributed by atoms with Crippen LogP contribution in [0.4, 0.5) is 0 Å². The molecule has 1 unspecified atom stereocenters. The number of hydrogen-bond donors (Lipinski definition) is 2. The summed E-state index contributed by atoms with van der Waals surface area (Å²) in [6, 6.07) is 0. The monoisotopic (exact) mass is 525 g/mol. The predicted molar refractivity (Wildman–Crippen MR) is 138 cm³/mol. The molecule has 0 amide bonds. The SMILES string of the molecule is CCCCCCCCCOCO[C@@H](COC(=O)CCCCCCCCC)COP(=O)(O)OCCN. The molecule has 0 aromatic rings. The number of rotatable bonds is 27. The maximum atomic E-state index is 12.1. The van der Waals surface area contributed by atoms with E-state index in [9.17, 15) is 14.3 Å². The summed E-state index contributed by atoms with van der Waals surface area (Å²) in [5.41, 5.74) is 5.29. The number of nitrogens with two attached hydrogens (primary N) is 1. The summed E-state index contributed by atoms with van der Waals surface area (Å²) in [7, 11) is -4.25. The van der Waals surface area contributed by atoms with Gasteiger partial charge in [0.15, 0.2) is 0 Å². The van der Waals surface area contributed by atoms with Gasteiger partial charge in [0.2, 0.25) is 0 Å². The number of esters is 1. The Bertz CT molecular complexity index is 524. The van der Waals surface area contributed by atoms with E-state index in [4.69, 9.17) is 29.0 Å². The van der Waals surface area contributed by atoms with E-state index in [2.05, 4.69) is 13.8 Å². The zero-order valence-electron chi connectivity index (χ0n) is 22.3. The van der Waals surface area contributed by atoms with Gasteiger partial charge in [0.05, 0.1) is 13.2 Å². The van der Waals surface area contributed by atoms with Crippen molar-refractivity contribution in [3.63, 3.8) is 0 Å². The number of unbranched alkanes of at least 4 members (excludes halogenated alkanes) is 12. The fourth-order valence-corrected chi connectivity index (χ4v) is 4.14. The summed E-state index contributed by atoms with van der Waals surface area (Å²) >= 11 is 0. The Hall–Kier alpha value is -0.540. The van der Waals surface area contributed by atoms with Gasteiger partial charge in [-0.2, -0.15) is 0 Å². The molecule has 0 heterocycles. The number of carbonyl (C=O) groups excluding carboxylic acids is 1. The first-order valence-electron chi connectivity index (χ1n) is 13.6. The largest absolute Gasteiger partial charge is 0.472 e. The van der Waals surface area contributed by atoms with Crippen LogP contribution in [0, 0.1) is 0 Å². The van der Waals surface area contributed by atoms with Crippen molar-refractivity contribution in [1.29, 1.82) is 0 Å². The van der Waals surface area contributed by atoms with Gasteiger partial charge >= 0.3 is 13.8 Å².